The Kier molecular flexibility index (Phi) is 29.4. The van der Waals surface area contributed by atoms with Gasteiger partial charge in [-0.25, -0.2) is 4.79 Å². The highest BCUT2D eigenvalue weighted by Crippen LogP contribution is 2.49. The summed E-state index contributed by atoms with van der Waals surface area (Å²) in [5.41, 5.74) is 2.47. The molecule has 0 aromatic heterocycles. The van der Waals surface area contributed by atoms with Gasteiger partial charge in [0, 0.05) is 32.3 Å². The number of rotatable bonds is 31. The number of carbonyl (C=O) groups excluding carboxylic acids is 3. The van der Waals surface area contributed by atoms with Crippen LogP contribution in [0.3, 0.4) is 0 Å². The van der Waals surface area contributed by atoms with E-state index in [1.54, 1.807) is 31.4 Å². The third kappa shape index (κ3) is 22.5. The molecule has 0 N–H and O–H groups in total. The van der Waals surface area contributed by atoms with E-state index in [0.29, 0.717) is 44.3 Å². The fraction of sp³-hybridized carbons (Fsp3) is 0.779. The van der Waals surface area contributed by atoms with E-state index in [-0.39, 0.29) is 104 Å². The van der Waals surface area contributed by atoms with Gasteiger partial charge in [-0.15, -0.1) is 6.58 Å². The topological polar surface area (TPSA) is 162 Å². The van der Waals surface area contributed by atoms with Gasteiger partial charge in [-0.1, -0.05) is 154 Å². The Morgan fingerprint density at radius 3 is 1.70 bits per heavy atom. The smallest absolute Gasteiger partial charge is 0.338 e. The average Bonchev–Trinajstić information content (AvgIpc) is 1.13. The van der Waals surface area contributed by atoms with Crippen LogP contribution in [0, 0.1) is 11.8 Å². The SMILES string of the molecule is C=CCC1O[C@@H](C(/C=C/C(=O)CCC2CC(=C)[C@H](CCC3C[C@@H](C)C(=C)[C@@H](C[C@@H]4O[C@H](C[C@@H](CO[Si](C)(C)C(C)(C)C)O[Si](C)(C)C(C)(C)C)[C@H](OC)C4CC(=O)OC)O3)O2)O[Si](C)(C)C(C)(C)C)C(O[Si](C)(C)C(C)(C)C)C(O[Si](C)(C)C(C)(C)C)[C@H]1OC(=O)c1ccccc1. The highest BCUT2D eigenvalue weighted by atomic mass is 28.4. The standard InChI is InChI=1S/C77H136O15Si5/c1-32-36-61-68(88-72(80)54-37-34-33-35-38-54)70(91-96(28,29)76(14,15)16)71(92-97(30,31)77(17,18)19)69(87-61)62(90-95(26,27)75(11,12)13)43-40-55(78)39-41-56-46-52(3)60(84-56)44-42-57-45-51(2)53(4)63(85-57)49-64-59(48-66(79)81-20)67(82-21)65(86-64)47-58(89-94(24,25)74(8,9)10)50-83-93(22,23)73(5,6)7/h32-35,37-38,40,43,51,56-65,67-71H,1,3-4,36,39,41-42,44-50H2,2,5-31H3/b43-40+/t51-,56?,57?,58+,59?,60+,61?,62?,63-,64+,65-,67-,68+,69+,70?,71?/m1/s1. The summed E-state index contributed by atoms with van der Waals surface area (Å²) in [6.45, 7) is 71.7. The van der Waals surface area contributed by atoms with E-state index in [0.717, 1.165) is 30.4 Å². The minimum absolute atomic E-state index is 0.0220. The number of hydrogen-bond donors (Lipinski definition) is 0. The largest absolute Gasteiger partial charge is 0.469 e. The van der Waals surface area contributed by atoms with Crippen LogP contribution in [-0.2, 0) is 64.9 Å². The van der Waals surface area contributed by atoms with Gasteiger partial charge in [0.1, 0.15) is 24.4 Å². The molecule has 0 amide bonds. The Labute approximate surface area is 594 Å². The Morgan fingerprint density at radius 2 is 1.16 bits per heavy atom. The zero-order valence-corrected chi connectivity index (χ0v) is 70.9. The highest BCUT2D eigenvalue weighted by molar-refractivity contribution is 6.76. The van der Waals surface area contributed by atoms with Gasteiger partial charge in [-0.3, -0.25) is 9.59 Å². The van der Waals surface area contributed by atoms with Crippen LogP contribution in [0.15, 0.2) is 79.4 Å². The van der Waals surface area contributed by atoms with Gasteiger partial charge in [0.05, 0.1) is 80.6 Å². The molecule has 1 aromatic carbocycles. The zero-order valence-electron chi connectivity index (χ0n) is 65.9. The number of benzene rings is 1. The lowest BCUT2D eigenvalue weighted by Gasteiger charge is -2.54. The van der Waals surface area contributed by atoms with Crippen molar-refractivity contribution in [1.29, 1.82) is 0 Å². The van der Waals surface area contributed by atoms with Crippen LogP contribution in [0.1, 0.15) is 185 Å². The van der Waals surface area contributed by atoms with Crippen LogP contribution in [0.25, 0.3) is 0 Å². The summed E-state index contributed by atoms with van der Waals surface area (Å²) in [7, 11) is -9.17. The molecule has 4 aliphatic rings. The first-order valence-corrected chi connectivity index (χ1v) is 50.9. The first-order chi connectivity index (χ1) is 44.3. The van der Waals surface area contributed by atoms with Crippen molar-refractivity contribution in [2.24, 2.45) is 11.8 Å². The third-order valence-corrected chi connectivity index (χ3v) is 46.2. The van der Waals surface area contributed by atoms with E-state index in [2.05, 4.69) is 196 Å². The van der Waals surface area contributed by atoms with Crippen molar-refractivity contribution in [3.05, 3.63) is 85.0 Å². The van der Waals surface area contributed by atoms with E-state index in [1.165, 1.54) is 7.11 Å². The van der Waals surface area contributed by atoms with Gasteiger partial charge < -0.3 is 55.3 Å². The molecule has 16 atom stereocenters. The molecule has 0 saturated carbocycles. The fourth-order valence-electron chi connectivity index (χ4n) is 12.2. The van der Waals surface area contributed by atoms with Crippen molar-refractivity contribution < 1.29 is 69.7 Å². The van der Waals surface area contributed by atoms with Crippen molar-refractivity contribution in [3.63, 3.8) is 0 Å². The number of ketones is 1. The summed E-state index contributed by atoms with van der Waals surface area (Å²) >= 11 is 0. The molecule has 4 saturated heterocycles. The maximum absolute atomic E-state index is 14.5. The Balaban J connectivity index is 1.36. The fourth-order valence-corrected chi connectivity index (χ4v) is 18.4. The number of allylic oxidation sites excluding steroid dienone is 1. The normalized spacial score (nSPS) is 28.5. The zero-order chi connectivity index (χ0) is 73.6. The Morgan fingerprint density at radius 1 is 0.619 bits per heavy atom. The summed E-state index contributed by atoms with van der Waals surface area (Å²) in [6, 6.07) is 9.04. The average molecular weight is 1440 g/mol. The van der Waals surface area contributed by atoms with Crippen LogP contribution >= 0.6 is 0 Å². The third-order valence-electron chi connectivity index (χ3n) is 23.8. The summed E-state index contributed by atoms with van der Waals surface area (Å²) in [4.78, 5) is 41.9. The van der Waals surface area contributed by atoms with Gasteiger partial charge in [0.15, 0.2) is 53.5 Å². The first-order valence-electron chi connectivity index (χ1n) is 36.3. The van der Waals surface area contributed by atoms with Crippen LogP contribution in [0.4, 0.5) is 0 Å². The molecule has 0 radical (unpaired) electrons. The lowest BCUT2D eigenvalue weighted by molar-refractivity contribution is -0.227. The predicted molar refractivity (Wildman–Crippen MR) is 406 cm³/mol. The van der Waals surface area contributed by atoms with Crippen molar-refractivity contribution in [2.45, 2.75) is 351 Å². The number of methoxy groups -OCH3 is 2. The quantitative estimate of drug-likeness (QED) is 0.0298. The van der Waals surface area contributed by atoms with Crippen molar-refractivity contribution in [1.82, 2.24) is 0 Å². The van der Waals surface area contributed by atoms with Crippen molar-refractivity contribution in [2.75, 3.05) is 20.8 Å². The molecule has 4 aliphatic heterocycles. The Bertz CT molecular complexity index is 2800. The van der Waals surface area contributed by atoms with Crippen LogP contribution in [-0.4, -0.2) is 166 Å². The van der Waals surface area contributed by atoms with Crippen LogP contribution in [0.5, 0.6) is 0 Å². The molecule has 1 aromatic rings. The summed E-state index contributed by atoms with van der Waals surface area (Å²) < 4.78 is 83.2. The molecule has 15 nitrogen and oxygen atoms in total. The number of ether oxygens (including phenoxy) is 7. The number of hydrogen-bond acceptors (Lipinski definition) is 15. The maximum atomic E-state index is 14.5. The molecule has 97 heavy (non-hydrogen) atoms. The second-order valence-corrected chi connectivity index (χ2v) is 60.2. The van der Waals surface area contributed by atoms with Crippen LogP contribution in [0.2, 0.25) is 90.7 Å². The molecule has 5 rings (SSSR count). The summed E-state index contributed by atoms with van der Waals surface area (Å²) in [6.07, 6.45) is 3.94. The van der Waals surface area contributed by atoms with E-state index in [4.69, 9.17) is 55.3 Å². The molecular formula is C77H136O15Si5. The second-order valence-electron chi connectivity index (χ2n) is 36.3. The molecule has 20 heteroatoms. The van der Waals surface area contributed by atoms with Gasteiger partial charge in [0.25, 0.3) is 0 Å². The molecule has 0 bridgehead atoms. The minimum atomic E-state index is -2.66. The predicted octanol–water partition coefficient (Wildman–Crippen LogP) is 18.6. The lowest BCUT2D eigenvalue weighted by atomic mass is 9.82. The molecule has 554 valence electrons. The van der Waals surface area contributed by atoms with Gasteiger partial charge in [-0.05, 0) is 164 Å². The second kappa shape index (κ2) is 33.5. The van der Waals surface area contributed by atoms with E-state index < -0.39 is 90.3 Å². The van der Waals surface area contributed by atoms with Crippen molar-refractivity contribution >= 4 is 59.3 Å². The Hall–Kier alpha value is -2.53. The molecule has 7 unspecified atom stereocenters. The van der Waals surface area contributed by atoms with Gasteiger partial charge >= 0.3 is 11.9 Å². The van der Waals surface area contributed by atoms with Crippen LogP contribution < -0.4 is 0 Å². The summed E-state index contributed by atoms with van der Waals surface area (Å²) in [5.74, 6) is -0.943. The minimum Gasteiger partial charge on any atom is -0.469 e. The van der Waals surface area contributed by atoms with E-state index in [1.807, 2.05) is 24.3 Å². The maximum Gasteiger partial charge on any atom is 0.338 e. The molecule has 0 spiro atoms. The monoisotopic (exact) mass is 1440 g/mol. The molecule has 4 fully saturated rings. The van der Waals surface area contributed by atoms with Gasteiger partial charge in [-0.2, -0.15) is 0 Å². The number of carbonyl (C=O) groups is 3. The number of esters is 2. The lowest BCUT2D eigenvalue weighted by Crippen LogP contribution is -2.68. The van der Waals surface area contributed by atoms with Crippen molar-refractivity contribution in [3.8, 4) is 0 Å². The molecule has 0 aliphatic carbocycles. The van der Waals surface area contributed by atoms with E-state index in [9.17, 15) is 14.4 Å². The molecular weight excluding hydrogens is 1310 g/mol. The first kappa shape index (κ1) is 85.1. The van der Waals surface area contributed by atoms with Gasteiger partial charge in [0.2, 0.25) is 0 Å². The van der Waals surface area contributed by atoms with E-state index >= 15 is 0 Å². The summed E-state index contributed by atoms with van der Waals surface area (Å²) in [5, 5.41) is -0.642. The highest BCUT2D eigenvalue weighted by Gasteiger charge is 2.58. The molecule has 4 heterocycles.